The monoisotopic (exact) mass is 323 g/mol. The molecule has 2 aromatic carbocycles. The van der Waals surface area contributed by atoms with Crippen LogP contribution in [0.25, 0.3) is 11.1 Å². The summed E-state index contributed by atoms with van der Waals surface area (Å²) >= 11 is 0. The lowest BCUT2D eigenvalue weighted by Gasteiger charge is -2.18. The van der Waals surface area contributed by atoms with E-state index in [1.54, 1.807) is 36.4 Å². The molecule has 0 aromatic heterocycles. The fourth-order valence-corrected chi connectivity index (χ4v) is 2.65. The van der Waals surface area contributed by atoms with Crippen LogP contribution in [0.5, 0.6) is 0 Å². The smallest absolute Gasteiger partial charge is 0.303 e. The number of carboxylic acids is 1. The fraction of sp³-hybridized carbons (Fsp3) is 0.111. The molecule has 24 heavy (non-hydrogen) atoms. The maximum absolute atomic E-state index is 12.3. The van der Waals surface area contributed by atoms with E-state index in [1.807, 2.05) is 0 Å². The first-order chi connectivity index (χ1) is 11.5. The number of ketones is 2. The number of carbonyl (C=O) groups is 4. The molecule has 1 aliphatic rings. The molecule has 0 heterocycles. The van der Waals surface area contributed by atoms with E-state index in [-0.39, 0.29) is 18.4 Å². The summed E-state index contributed by atoms with van der Waals surface area (Å²) in [6.07, 6.45) is -0.441. The Hall–Kier alpha value is -3.28. The second kappa shape index (κ2) is 6.08. The number of benzene rings is 2. The number of nitrogens with one attached hydrogen (secondary N) is 1. The van der Waals surface area contributed by atoms with Crippen molar-refractivity contribution in [1.29, 1.82) is 0 Å². The molecule has 0 bridgehead atoms. The van der Waals surface area contributed by atoms with Crippen LogP contribution in [0, 0.1) is 0 Å². The average Bonchev–Trinajstić information content (AvgIpc) is 2.58. The minimum atomic E-state index is -1.06. The third-order valence-electron chi connectivity index (χ3n) is 3.78. The summed E-state index contributed by atoms with van der Waals surface area (Å²) in [5, 5.41) is 11.1. The highest BCUT2D eigenvalue weighted by molar-refractivity contribution is 6.53. The molecule has 0 saturated heterocycles. The number of Topliss-reactive ketones (excluding diaryl/α,β-unsaturated/α-hetero) is 2. The Bertz CT molecular complexity index is 885. The third-order valence-corrected chi connectivity index (χ3v) is 3.78. The Morgan fingerprint density at radius 3 is 2.17 bits per heavy atom. The predicted octanol–water partition coefficient (Wildman–Crippen LogP) is 2.54. The second-order valence-corrected chi connectivity index (χ2v) is 5.41. The Morgan fingerprint density at radius 2 is 1.46 bits per heavy atom. The van der Waals surface area contributed by atoms with Gasteiger partial charge in [0.25, 0.3) is 0 Å². The van der Waals surface area contributed by atoms with E-state index in [2.05, 4.69) is 5.32 Å². The molecule has 0 spiro atoms. The number of hydrogen-bond donors (Lipinski definition) is 2. The second-order valence-electron chi connectivity index (χ2n) is 5.41. The number of aliphatic carboxylic acids is 1. The minimum absolute atomic E-state index is 0.165. The highest BCUT2D eigenvalue weighted by Gasteiger charge is 2.30. The van der Waals surface area contributed by atoms with Crippen LogP contribution in [0.3, 0.4) is 0 Å². The van der Waals surface area contributed by atoms with Gasteiger partial charge in [0.15, 0.2) is 0 Å². The molecule has 0 fully saturated rings. The highest BCUT2D eigenvalue weighted by Crippen LogP contribution is 2.34. The van der Waals surface area contributed by atoms with Gasteiger partial charge in [-0.2, -0.15) is 0 Å². The van der Waals surface area contributed by atoms with E-state index < -0.39 is 23.4 Å². The summed E-state index contributed by atoms with van der Waals surface area (Å²) in [5.41, 5.74) is 2.27. The molecule has 0 saturated carbocycles. The van der Waals surface area contributed by atoms with Crippen molar-refractivity contribution in [2.24, 2.45) is 0 Å². The van der Waals surface area contributed by atoms with Crippen LogP contribution in [0.2, 0.25) is 0 Å². The summed E-state index contributed by atoms with van der Waals surface area (Å²) in [7, 11) is 0. The molecule has 6 heteroatoms. The first-order valence-electron chi connectivity index (χ1n) is 7.31. The fourth-order valence-electron chi connectivity index (χ4n) is 2.65. The van der Waals surface area contributed by atoms with Crippen LogP contribution >= 0.6 is 0 Å². The molecule has 0 radical (unpaired) electrons. The van der Waals surface area contributed by atoms with Gasteiger partial charge < -0.3 is 10.4 Å². The van der Waals surface area contributed by atoms with E-state index in [1.165, 1.54) is 6.07 Å². The van der Waals surface area contributed by atoms with Gasteiger partial charge in [0.05, 0.1) is 6.42 Å². The zero-order valence-corrected chi connectivity index (χ0v) is 12.5. The largest absolute Gasteiger partial charge is 0.481 e. The van der Waals surface area contributed by atoms with E-state index in [9.17, 15) is 19.2 Å². The zero-order chi connectivity index (χ0) is 17.3. The summed E-state index contributed by atoms with van der Waals surface area (Å²) in [4.78, 5) is 46.7. The van der Waals surface area contributed by atoms with Gasteiger partial charge in [-0.3, -0.25) is 19.2 Å². The summed E-state index contributed by atoms with van der Waals surface area (Å²) in [6.45, 7) is 0. The van der Waals surface area contributed by atoms with Crippen LogP contribution in [-0.4, -0.2) is 28.5 Å². The predicted molar refractivity (Wildman–Crippen MR) is 86.0 cm³/mol. The summed E-state index contributed by atoms with van der Waals surface area (Å²) in [5.74, 6) is -2.72. The van der Waals surface area contributed by atoms with Crippen molar-refractivity contribution in [2.75, 3.05) is 5.32 Å². The molecule has 6 nitrogen and oxygen atoms in total. The van der Waals surface area contributed by atoms with Crippen molar-refractivity contribution in [2.45, 2.75) is 12.8 Å². The van der Waals surface area contributed by atoms with Crippen LogP contribution < -0.4 is 5.32 Å². The molecule has 0 aliphatic heterocycles. The number of anilines is 1. The van der Waals surface area contributed by atoms with Crippen LogP contribution in [-0.2, 0) is 9.59 Å². The number of fused-ring (bicyclic) bond motifs is 3. The Morgan fingerprint density at radius 1 is 0.833 bits per heavy atom. The molecular formula is C18H13NO5. The number of hydrogen-bond acceptors (Lipinski definition) is 4. The van der Waals surface area contributed by atoms with E-state index >= 15 is 0 Å². The van der Waals surface area contributed by atoms with E-state index in [4.69, 9.17) is 5.11 Å². The summed E-state index contributed by atoms with van der Waals surface area (Å²) in [6, 6.07) is 11.6. The molecule has 3 rings (SSSR count). The van der Waals surface area contributed by atoms with Gasteiger partial charge in [0.2, 0.25) is 17.5 Å². The van der Waals surface area contributed by atoms with Crippen molar-refractivity contribution in [1.82, 2.24) is 0 Å². The molecule has 2 aromatic rings. The molecule has 2 N–H and O–H groups in total. The third kappa shape index (κ3) is 2.81. The van der Waals surface area contributed by atoms with Crippen LogP contribution in [0.1, 0.15) is 33.6 Å². The lowest BCUT2D eigenvalue weighted by Crippen LogP contribution is -2.21. The molecule has 0 atom stereocenters. The van der Waals surface area contributed by atoms with Gasteiger partial charge in [-0.15, -0.1) is 0 Å². The quantitative estimate of drug-likeness (QED) is 0.842. The van der Waals surface area contributed by atoms with Crippen LogP contribution in [0.4, 0.5) is 5.69 Å². The van der Waals surface area contributed by atoms with Gasteiger partial charge >= 0.3 is 5.97 Å². The number of carbonyl (C=O) groups excluding carboxylic acids is 3. The zero-order valence-electron chi connectivity index (χ0n) is 12.5. The SMILES string of the molecule is O=C(O)CCC(=O)Nc1ccc2c(c1)C(=O)C(=O)c1ccccc1-2. The molecule has 1 aliphatic carbocycles. The molecule has 0 unspecified atom stereocenters. The summed E-state index contributed by atoms with van der Waals surface area (Å²) < 4.78 is 0. The van der Waals surface area contributed by atoms with Crippen molar-refractivity contribution < 1.29 is 24.3 Å². The highest BCUT2D eigenvalue weighted by atomic mass is 16.4. The van der Waals surface area contributed by atoms with Gasteiger partial charge in [0, 0.05) is 23.2 Å². The van der Waals surface area contributed by atoms with Gasteiger partial charge in [-0.05, 0) is 23.3 Å². The van der Waals surface area contributed by atoms with Crippen molar-refractivity contribution in [3.05, 3.63) is 53.6 Å². The van der Waals surface area contributed by atoms with Crippen molar-refractivity contribution in [3.8, 4) is 11.1 Å². The van der Waals surface area contributed by atoms with E-state index in [0.29, 0.717) is 22.4 Å². The molecule has 1 amide bonds. The molecule has 120 valence electrons. The first-order valence-corrected chi connectivity index (χ1v) is 7.31. The average molecular weight is 323 g/mol. The van der Waals surface area contributed by atoms with Gasteiger partial charge in [0.1, 0.15) is 0 Å². The Kier molecular flexibility index (Phi) is 3.95. The lowest BCUT2D eigenvalue weighted by atomic mass is 9.84. The van der Waals surface area contributed by atoms with Crippen LogP contribution in [0.15, 0.2) is 42.5 Å². The number of rotatable bonds is 4. The van der Waals surface area contributed by atoms with E-state index in [0.717, 1.165) is 0 Å². The first kappa shape index (κ1) is 15.6. The Balaban J connectivity index is 1.92. The number of carboxylic acid groups (broad SMARTS) is 1. The minimum Gasteiger partial charge on any atom is -0.481 e. The number of amides is 1. The lowest BCUT2D eigenvalue weighted by molar-refractivity contribution is -0.138. The van der Waals surface area contributed by atoms with Gasteiger partial charge in [-0.25, -0.2) is 0 Å². The normalized spacial score (nSPS) is 12.3. The molecular weight excluding hydrogens is 310 g/mol. The van der Waals surface area contributed by atoms with Crippen molar-refractivity contribution >= 4 is 29.1 Å². The Labute approximate surface area is 137 Å². The van der Waals surface area contributed by atoms with Gasteiger partial charge in [-0.1, -0.05) is 30.3 Å². The topological polar surface area (TPSA) is 101 Å². The standard InChI is InChI=1S/C18H13NO5/c20-15(7-8-16(21)22)19-10-5-6-12-11-3-1-2-4-13(11)17(23)18(24)14(12)9-10/h1-6,9H,7-8H2,(H,19,20)(H,21,22). The van der Waals surface area contributed by atoms with Crippen molar-refractivity contribution in [3.63, 3.8) is 0 Å². The maximum atomic E-state index is 12.3. The maximum Gasteiger partial charge on any atom is 0.303 e.